The van der Waals surface area contributed by atoms with Gasteiger partial charge in [-0.2, -0.15) is 0 Å². The van der Waals surface area contributed by atoms with Gasteiger partial charge < -0.3 is 20.6 Å². The molecule has 10 heteroatoms. The third-order valence-corrected chi connectivity index (χ3v) is 8.24. The van der Waals surface area contributed by atoms with Crippen molar-refractivity contribution < 1.29 is 0 Å². The second kappa shape index (κ2) is 8.37. The Balaban J connectivity index is 1.07. The number of nitrogens with one attached hydrogen (secondary N) is 4. The molecule has 0 bridgehead atoms. The Morgan fingerprint density at radius 3 is 1.45 bits per heavy atom. The number of fused-ring (bicyclic) bond motifs is 4. The van der Waals surface area contributed by atoms with E-state index in [2.05, 4.69) is 67.0 Å². The van der Waals surface area contributed by atoms with Crippen LogP contribution in [0.15, 0.2) is 84.9 Å². The van der Waals surface area contributed by atoms with Crippen molar-refractivity contribution >= 4 is 87.3 Å². The van der Waals surface area contributed by atoms with E-state index in [0.29, 0.717) is 11.9 Å². The molecule has 0 fully saturated rings. The summed E-state index contributed by atoms with van der Waals surface area (Å²) >= 11 is 3.21. The van der Waals surface area contributed by atoms with Gasteiger partial charge >= 0.3 is 0 Å². The number of para-hydroxylation sites is 2. The zero-order valence-corrected chi connectivity index (χ0v) is 21.3. The first-order chi connectivity index (χ1) is 18.7. The molecule has 8 rings (SSSR count). The Morgan fingerprint density at radius 1 is 0.500 bits per heavy atom. The molecule has 0 atom stereocenters. The van der Waals surface area contributed by atoms with Crippen LogP contribution in [0.3, 0.4) is 0 Å². The van der Waals surface area contributed by atoms with E-state index in [9.17, 15) is 0 Å². The number of rotatable bonds is 5. The van der Waals surface area contributed by atoms with E-state index < -0.39 is 0 Å². The maximum atomic E-state index is 4.69. The number of aromatic amines is 2. The number of nitrogens with zero attached hydrogens (tertiary/aromatic N) is 4. The van der Waals surface area contributed by atoms with Crippen molar-refractivity contribution in [1.29, 1.82) is 0 Å². The lowest BCUT2D eigenvalue weighted by Gasteiger charge is -2.01. The van der Waals surface area contributed by atoms with Crippen LogP contribution in [-0.2, 0) is 0 Å². The van der Waals surface area contributed by atoms with Crippen molar-refractivity contribution in [3.63, 3.8) is 0 Å². The van der Waals surface area contributed by atoms with Crippen LogP contribution >= 0.6 is 22.7 Å². The number of imidazole rings is 2. The number of benzene rings is 4. The lowest BCUT2D eigenvalue weighted by Crippen LogP contribution is -1.90. The molecule has 0 spiro atoms. The SMILES string of the molecule is c1ccc2sc(Nc3nc4ccc(-c5ccc6nc(Nc7nc8ccccc8s7)[nH]c6c5)cc4[nH]3)nc2c1. The van der Waals surface area contributed by atoms with E-state index in [1.54, 1.807) is 22.7 Å². The van der Waals surface area contributed by atoms with E-state index >= 15 is 0 Å². The highest BCUT2D eigenvalue weighted by Crippen LogP contribution is 2.31. The Hall–Kier alpha value is -4.80. The molecule has 0 saturated heterocycles. The second-order valence-electron chi connectivity index (χ2n) is 8.86. The molecule has 0 unspecified atom stereocenters. The Labute approximate surface area is 223 Å². The molecule has 0 amide bonds. The van der Waals surface area contributed by atoms with E-state index in [0.717, 1.165) is 63.9 Å². The van der Waals surface area contributed by atoms with Crippen molar-refractivity contribution in [3.05, 3.63) is 84.9 Å². The Morgan fingerprint density at radius 2 is 0.974 bits per heavy atom. The van der Waals surface area contributed by atoms with Crippen molar-refractivity contribution in [1.82, 2.24) is 29.9 Å². The predicted octanol–water partition coefficient (Wildman–Crippen LogP) is 7.81. The van der Waals surface area contributed by atoms with Crippen molar-refractivity contribution in [2.24, 2.45) is 0 Å². The van der Waals surface area contributed by atoms with Crippen LogP contribution in [0.5, 0.6) is 0 Å². The van der Waals surface area contributed by atoms with Gasteiger partial charge in [-0.3, -0.25) is 0 Å². The van der Waals surface area contributed by atoms with Gasteiger partial charge in [0.25, 0.3) is 0 Å². The molecule has 8 aromatic rings. The van der Waals surface area contributed by atoms with E-state index in [1.165, 1.54) is 0 Å². The highest BCUT2D eigenvalue weighted by atomic mass is 32.1. The normalized spacial score (nSPS) is 11.7. The fraction of sp³-hybridized carbons (Fsp3) is 0. The van der Waals surface area contributed by atoms with Gasteiger partial charge in [0.05, 0.1) is 42.5 Å². The van der Waals surface area contributed by atoms with Crippen molar-refractivity contribution in [2.75, 3.05) is 10.6 Å². The average Bonchev–Trinajstić information content (AvgIpc) is 3.70. The molecule has 4 heterocycles. The molecule has 0 aliphatic heterocycles. The lowest BCUT2D eigenvalue weighted by atomic mass is 10.0. The van der Waals surface area contributed by atoms with Crippen molar-refractivity contribution in [2.45, 2.75) is 0 Å². The molecule has 0 saturated carbocycles. The molecule has 4 N–H and O–H groups in total. The molecule has 182 valence electrons. The third-order valence-electron chi connectivity index (χ3n) is 6.34. The van der Waals surface area contributed by atoms with Crippen LogP contribution in [0, 0.1) is 0 Å². The molecule has 0 radical (unpaired) electrons. The summed E-state index contributed by atoms with van der Waals surface area (Å²) in [6.07, 6.45) is 0. The summed E-state index contributed by atoms with van der Waals surface area (Å²) < 4.78 is 2.28. The molecule has 8 nitrogen and oxygen atoms in total. The van der Waals surface area contributed by atoms with Gasteiger partial charge in [0.2, 0.25) is 11.9 Å². The first-order valence-electron chi connectivity index (χ1n) is 12.0. The summed E-state index contributed by atoms with van der Waals surface area (Å²) in [6.45, 7) is 0. The van der Waals surface area contributed by atoms with Gasteiger partial charge in [-0.25, -0.2) is 19.9 Å². The standard InChI is InChI=1S/C28H18N8S2/c1-3-7-23-19(5-1)33-27(37-23)35-25-29-17-11-9-15(13-21(17)31-25)16-10-12-18-22(14-16)32-26(30-18)36-28-34-20-6-2-4-8-24(20)38-28/h1-14H,(H2,29,31,33,35)(H2,30,32,34,36). The molecule has 4 aromatic carbocycles. The monoisotopic (exact) mass is 530 g/mol. The number of hydrogen-bond donors (Lipinski definition) is 4. The summed E-state index contributed by atoms with van der Waals surface area (Å²) in [5.74, 6) is 1.34. The average molecular weight is 531 g/mol. The van der Waals surface area contributed by atoms with Gasteiger partial charge in [0.15, 0.2) is 10.3 Å². The number of thiazole rings is 2. The topological polar surface area (TPSA) is 107 Å². The lowest BCUT2D eigenvalue weighted by molar-refractivity contribution is 1.29. The third kappa shape index (κ3) is 3.74. The van der Waals surface area contributed by atoms with Gasteiger partial charge in [0.1, 0.15) is 0 Å². The van der Waals surface area contributed by atoms with Crippen LogP contribution in [0.1, 0.15) is 0 Å². The number of aromatic nitrogens is 6. The highest BCUT2D eigenvalue weighted by molar-refractivity contribution is 7.22. The molecule has 4 aromatic heterocycles. The number of H-pyrrole nitrogens is 2. The fourth-order valence-corrected chi connectivity index (χ4v) is 6.28. The van der Waals surface area contributed by atoms with Gasteiger partial charge in [-0.1, -0.05) is 59.1 Å². The van der Waals surface area contributed by atoms with E-state index in [1.807, 2.05) is 48.5 Å². The van der Waals surface area contributed by atoms with Gasteiger partial charge in [0, 0.05) is 0 Å². The molecule has 38 heavy (non-hydrogen) atoms. The van der Waals surface area contributed by atoms with Gasteiger partial charge in [-0.05, 0) is 59.7 Å². The Bertz CT molecular complexity index is 1900. The summed E-state index contributed by atoms with van der Waals surface area (Å²) in [4.78, 5) is 25.4. The van der Waals surface area contributed by atoms with Crippen molar-refractivity contribution in [3.8, 4) is 11.1 Å². The van der Waals surface area contributed by atoms with Crippen LogP contribution in [0.25, 0.3) is 53.6 Å². The smallest absolute Gasteiger partial charge is 0.207 e. The van der Waals surface area contributed by atoms with Crippen LogP contribution in [0.4, 0.5) is 22.2 Å². The molecule has 0 aliphatic carbocycles. The van der Waals surface area contributed by atoms with Crippen LogP contribution < -0.4 is 10.6 Å². The largest absolute Gasteiger partial charge is 0.324 e. The summed E-state index contributed by atoms with van der Waals surface area (Å²) in [5, 5.41) is 8.25. The van der Waals surface area contributed by atoms with Crippen LogP contribution in [0.2, 0.25) is 0 Å². The minimum absolute atomic E-state index is 0.672. The fourth-order valence-electron chi connectivity index (χ4n) is 4.55. The summed E-state index contributed by atoms with van der Waals surface area (Å²) in [6, 6.07) is 28.7. The molecular formula is C28H18N8S2. The zero-order valence-electron chi connectivity index (χ0n) is 19.7. The molecular weight excluding hydrogens is 512 g/mol. The summed E-state index contributed by atoms with van der Waals surface area (Å²) in [5.41, 5.74) is 7.82. The number of hydrogen-bond acceptors (Lipinski definition) is 8. The first-order valence-corrected chi connectivity index (χ1v) is 13.6. The summed E-state index contributed by atoms with van der Waals surface area (Å²) in [7, 11) is 0. The minimum atomic E-state index is 0.672. The predicted molar refractivity (Wildman–Crippen MR) is 157 cm³/mol. The minimum Gasteiger partial charge on any atom is -0.324 e. The maximum Gasteiger partial charge on any atom is 0.207 e. The zero-order chi connectivity index (χ0) is 25.1. The molecule has 0 aliphatic rings. The second-order valence-corrected chi connectivity index (χ2v) is 10.9. The highest BCUT2D eigenvalue weighted by Gasteiger charge is 2.11. The maximum absolute atomic E-state index is 4.69. The quantitative estimate of drug-likeness (QED) is 0.181. The first kappa shape index (κ1) is 21.3. The van der Waals surface area contributed by atoms with E-state index in [4.69, 9.17) is 9.97 Å². The van der Waals surface area contributed by atoms with Gasteiger partial charge in [-0.15, -0.1) is 0 Å². The van der Waals surface area contributed by atoms with Crippen LogP contribution in [-0.4, -0.2) is 29.9 Å². The number of anilines is 4. The Kier molecular flexibility index (Phi) is 4.69. The van der Waals surface area contributed by atoms with E-state index in [-0.39, 0.29) is 0 Å².